The highest BCUT2D eigenvalue weighted by atomic mass is 19.1. The third kappa shape index (κ3) is 3.92. The zero-order valence-corrected chi connectivity index (χ0v) is 21.0. The summed E-state index contributed by atoms with van der Waals surface area (Å²) in [4.78, 5) is 27.1. The second-order valence-corrected chi connectivity index (χ2v) is 12.4. The summed E-state index contributed by atoms with van der Waals surface area (Å²) in [6, 6.07) is 4.10. The summed E-state index contributed by atoms with van der Waals surface area (Å²) in [5.41, 5.74) is 2.81. The standard InChI is InChI=1S/C29H38FN3O2/c1-16-8-11-25(27(34)31-16)33-15-21-20(28(33)35)10-9-18(26(21)30)12-17-6-4-5-7-24(17)32-19-13-22-23(14-19)29(22,2)3/h9-10,17,19,22-25,32H,1,4-8,11-15H2,2-3H3,(H,31,34)/t17-,19?,22?,23?,24+,25?/m1/s1. The van der Waals surface area contributed by atoms with Gasteiger partial charge in [0.05, 0.1) is 6.54 Å². The lowest BCUT2D eigenvalue weighted by Crippen LogP contribution is -2.49. The molecule has 1 aromatic rings. The van der Waals surface area contributed by atoms with Crippen LogP contribution in [0.15, 0.2) is 24.4 Å². The number of carbonyl (C=O) groups excluding carboxylic acids is 2. The van der Waals surface area contributed by atoms with Crippen LogP contribution < -0.4 is 10.6 Å². The zero-order chi connectivity index (χ0) is 24.5. The maximum atomic E-state index is 15.8. The van der Waals surface area contributed by atoms with Gasteiger partial charge in [-0.25, -0.2) is 4.39 Å². The number of nitrogens with one attached hydrogen (secondary N) is 2. The van der Waals surface area contributed by atoms with Crippen LogP contribution in [0.1, 0.15) is 86.7 Å². The molecule has 0 bridgehead atoms. The molecule has 3 aliphatic carbocycles. The van der Waals surface area contributed by atoms with Crippen molar-refractivity contribution >= 4 is 11.8 Å². The van der Waals surface area contributed by atoms with E-state index in [-0.39, 0.29) is 24.2 Å². The van der Waals surface area contributed by atoms with Crippen LogP contribution in [-0.2, 0) is 17.8 Å². The van der Waals surface area contributed by atoms with E-state index in [2.05, 4.69) is 31.1 Å². The molecule has 35 heavy (non-hydrogen) atoms. The number of carbonyl (C=O) groups is 2. The molecule has 5 nitrogen and oxygen atoms in total. The van der Waals surface area contributed by atoms with E-state index in [0.717, 1.165) is 18.3 Å². The van der Waals surface area contributed by atoms with Gasteiger partial charge in [-0.1, -0.05) is 39.3 Å². The molecule has 0 radical (unpaired) electrons. The molecule has 5 atom stereocenters. The molecule has 2 heterocycles. The van der Waals surface area contributed by atoms with Crippen molar-refractivity contribution in [3.63, 3.8) is 0 Å². The van der Waals surface area contributed by atoms with Crippen LogP contribution in [-0.4, -0.2) is 34.8 Å². The normalized spacial score (nSPS) is 35.6. The Bertz CT molecular complexity index is 1070. The van der Waals surface area contributed by atoms with Gasteiger partial charge in [-0.2, -0.15) is 0 Å². The minimum atomic E-state index is -0.558. The van der Waals surface area contributed by atoms with Crippen molar-refractivity contribution in [3.05, 3.63) is 46.9 Å². The Balaban J connectivity index is 1.15. The first-order chi connectivity index (χ1) is 16.7. The third-order valence-electron chi connectivity index (χ3n) is 10.0. The van der Waals surface area contributed by atoms with Crippen molar-refractivity contribution in [2.75, 3.05) is 0 Å². The first-order valence-electron chi connectivity index (χ1n) is 13.6. The van der Waals surface area contributed by atoms with Gasteiger partial charge in [-0.05, 0) is 79.7 Å². The predicted octanol–water partition coefficient (Wildman–Crippen LogP) is 4.70. The molecule has 5 aliphatic rings. The number of hydrogen-bond acceptors (Lipinski definition) is 3. The van der Waals surface area contributed by atoms with Crippen molar-refractivity contribution in [2.45, 2.75) is 96.3 Å². The van der Waals surface area contributed by atoms with E-state index in [4.69, 9.17) is 0 Å². The molecule has 3 saturated carbocycles. The van der Waals surface area contributed by atoms with Gasteiger partial charge in [0, 0.05) is 28.9 Å². The maximum absolute atomic E-state index is 15.8. The van der Waals surface area contributed by atoms with Crippen LogP contribution in [0.4, 0.5) is 4.39 Å². The Morgan fingerprint density at radius 1 is 1.14 bits per heavy atom. The van der Waals surface area contributed by atoms with Crippen LogP contribution in [0.3, 0.4) is 0 Å². The fraction of sp³-hybridized carbons (Fsp3) is 0.655. The van der Waals surface area contributed by atoms with E-state index in [0.29, 0.717) is 65.1 Å². The molecule has 0 aromatic heterocycles. The molecule has 3 unspecified atom stereocenters. The number of nitrogens with zero attached hydrogens (tertiary/aromatic N) is 1. The Kier molecular flexibility index (Phi) is 5.59. The SMILES string of the molecule is C=C1CCC(N2Cc3c(ccc(C[C@H]4CCCC[C@@H]4NC4CC5C(C4)C5(C)C)c3F)C2=O)C(=O)N1. The van der Waals surface area contributed by atoms with Crippen molar-refractivity contribution in [2.24, 2.45) is 23.2 Å². The summed E-state index contributed by atoms with van der Waals surface area (Å²) in [5, 5.41) is 6.74. The number of benzene rings is 1. The van der Waals surface area contributed by atoms with Gasteiger partial charge in [0.15, 0.2) is 0 Å². The molecule has 1 aromatic carbocycles. The molecule has 0 spiro atoms. The van der Waals surface area contributed by atoms with Crippen LogP contribution >= 0.6 is 0 Å². The van der Waals surface area contributed by atoms with Gasteiger partial charge in [-0.3, -0.25) is 9.59 Å². The average molecular weight is 480 g/mol. The largest absolute Gasteiger partial charge is 0.329 e. The van der Waals surface area contributed by atoms with Crippen molar-refractivity contribution in [1.82, 2.24) is 15.5 Å². The maximum Gasteiger partial charge on any atom is 0.255 e. The summed E-state index contributed by atoms with van der Waals surface area (Å²) in [7, 11) is 0. The Labute approximate surface area is 207 Å². The van der Waals surface area contributed by atoms with Crippen LogP contribution in [0.25, 0.3) is 0 Å². The quantitative estimate of drug-likeness (QED) is 0.644. The van der Waals surface area contributed by atoms with Gasteiger partial charge < -0.3 is 15.5 Å². The van der Waals surface area contributed by atoms with E-state index >= 15 is 4.39 Å². The molecule has 6 rings (SSSR count). The molecule has 1 saturated heterocycles. The molecule has 2 aliphatic heterocycles. The Morgan fingerprint density at radius 2 is 1.89 bits per heavy atom. The smallest absolute Gasteiger partial charge is 0.255 e. The fourth-order valence-electron chi connectivity index (χ4n) is 7.79. The van der Waals surface area contributed by atoms with E-state index in [1.54, 1.807) is 6.07 Å². The molecule has 188 valence electrons. The highest BCUT2D eigenvalue weighted by Crippen LogP contribution is 2.66. The molecular formula is C29H38FN3O2. The van der Waals surface area contributed by atoms with Crippen molar-refractivity contribution < 1.29 is 14.0 Å². The number of fused-ring (bicyclic) bond motifs is 2. The van der Waals surface area contributed by atoms with E-state index in [1.165, 1.54) is 37.0 Å². The van der Waals surface area contributed by atoms with Crippen LogP contribution in [0, 0.1) is 29.0 Å². The number of amides is 2. The lowest BCUT2D eigenvalue weighted by molar-refractivity contribution is -0.126. The highest BCUT2D eigenvalue weighted by Gasteiger charge is 2.62. The zero-order valence-electron chi connectivity index (χ0n) is 21.0. The van der Waals surface area contributed by atoms with Gasteiger partial charge >= 0.3 is 0 Å². The topological polar surface area (TPSA) is 61.4 Å². The second kappa shape index (κ2) is 8.43. The molecule has 2 amide bonds. The third-order valence-corrected chi connectivity index (χ3v) is 10.0. The number of hydrogen-bond donors (Lipinski definition) is 2. The average Bonchev–Trinajstić information content (AvgIpc) is 3.16. The summed E-state index contributed by atoms with van der Waals surface area (Å²) < 4.78 is 15.8. The Morgan fingerprint density at radius 3 is 2.63 bits per heavy atom. The van der Waals surface area contributed by atoms with Gasteiger partial charge in [0.25, 0.3) is 5.91 Å². The van der Waals surface area contributed by atoms with Crippen LogP contribution in [0.2, 0.25) is 0 Å². The van der Waals surface area contributed by atoms with Gasteiger partial charge in [0.1, 0.15) is 11.9 Å². The van der Waals surface area contributed by atoms with Crippen molar-refractivity contribution in [1.29, 1.82) is 0 Å². The predicted molar refractivity (Wildman–Crippen MR) is 133 cm³/mol. The van der Waals surface area contributed by atoms with Crippen molar-refractivity contribution in [3.8, 4) is 0 Å². The minimum absolute atomic E-state index is 0.172. The number of allylic oxidation sites excluding steroid dienone is 1. The highest BCUT2D eigenvalue weighted by molar-refractivity contribution is 6.01. The summed E-state index contributed by atoms with van der Waals surface area (Å²) >= 11 is 0. The first kappa shape index (κ1) is 23.2. The lowest BCUT2D eigenvalue weighted by atomic mass is 9.79. The Hall–Kier alpha value is -2.21. The van der Waals surface area contributed by atoms with E-state index < -0.39 is 6.04 Å². The van der Waals surface area contributed by atoms with E-state index in [9.17, 15) is 9.59 Å². The van der Waals surface area contributed by atoms with Gasteiger partial charge in [0.2, 0.25) is 5.91 Å². The summed E-state index contributed by atoms with van der Waals surface area (Å²) in [6.45, 7) is 8.80. The van der Waals surface area contributed by atoms with Gasteiger partial charge in [-0.15, -0.1) is 0 Å². The van der Waals surface area contributed by atoms with E-state index in [1.807, 2.05) is 6.07 Å². The minimum Gasteiger partial charge on any atom is -0.329 e. The number of halogens is 1. The molecule has 2 N–H and O–H groups in total. The molecular weight excluding hydrogens is 441 g/mol. The van der Waals surface area contributed by atoms with Crippen LogP contribution in [0.5, 0.6) is 0 Å². The summed E-state index contributed by atoms with van der Waals surface area (Å²) in [5.74, 6) is 1.48. The number of piperidine rings is 1. The number of rotatable bonds is 5. The monoisotopic (exact) mass is 479 g/mol. The first-order valence-corrected chi connectivity index (χ1v) is 13.6. The molecule has 4 fully saturated rings. The second-order valence-electron chi connectivity index (χ2n) is 12.4. The fourth-order valence-corrected chi connectivity index (χ4v) is 7.79. The lowest BCUT2D eigenvalue weighted by Gasteiger charge is -2.35. The molecule has 6 heteroatoms. The summed E-state index contributed by atoms with van der Waals surface area (Å²) in [6.07, 6.45) is 9.19.